The lowest BCUT2D eigenvalue weighted by molar-refractivity contribution is 0.0293. The molecular weight excluding hydrogens is 240 g/mol. The Kier molecular flexibility index (Phi) is 6.07. The van der Waals surface area contributed by atoms with Gasteiger partial charge in [-0.1, -0.05) is 0 Å². The molecule has 0 aromatic heterocycles. The summed E-state index contributed by atoms with van der Waals surface area (Å²) in [5.41, 5.74) is 0. The molecule has 0 unspecified atom stereocenters. The smallest absolute Gasteiger partial charge is 0.0967 e. The van der Waals surface area contributed by atoms with E-state index in [1.54, 1.807) is 0 Å². The fourth-order valence-corrected chi connectivity index (χ4v) is 2.70. The Bertz CT molecular complexity index is 257. The molecule has 1 heterocycles. The molecule has 2 fully saturated rings. The fraction of sp³-hybridized carbons (Fsp3) is 0.667. The van der Waals surface area contributed by atoms with Crippen molar-refractivity contribution in [2.75, 3.05) is 13.1 Å². The van der Waals surface area contributed by atoms with E-state index in [4.69, 9.17) is 0 Å². The molecule has 4 atom stereocenters. The van der Waals surface area contributed by atoms with Crippen LogP contribution >= 0.6 is 0 Å². The molecule has 0 spiro atoms. The Morgan fingerprint density at radius 3 is 2.53 bits per heavy atom. The number of hydrogen-bond donors (Lipinski definition) is 4. The van der Waals surface area contributed by atoms with E-state index in [1.165, 1.54) is 5.92 Å². The Labute approximate surface area is 117 Å². The molecule has 4 heteroatoms. The first kappa shape index (κ1) is 15.2. The van der Waals surface area contributed by atoms with Gasteiger partial charge in [0.25, 0.3) is 0 Å². The third-order valence-electron chi connectivity index (χ3n) is 3.93. The molecule has 2 aliphatic rings. The normalized spacial score (nSPS) is 36.2. The number of nitrogens with one attached hydrogen (secondary N) is 2. The van der Waals surface area contributed by atoms with Gasteiger partial charge in [0.1, 0.15) is 0 Å². The minimum absolute atomic E-state index is 0.00701. The van der Waals surface area contributed by atoms with Gasteiger partial charge >= 0.3 is 0 Å². The maximum Gasteiger partial charge on any atom is 0.0967 e. The molecule has 1 saturated heterocycles. The Balaban J connectivity index is 1.48. The van der Waals surface area contributed by atoms with E-state index in [-0.39, 0.29) is 12.1 Å². The van der Waals surface area contributed by atoms with Crippen LogP contribution in [0.4, 0.5) is 0 Å². The monoisotopic (exact) mass is 265 g/mol. The quantitative estimate of drug-likeness (QED) is 0.498. The minimum Gasteiger partial charge on any atom is -0.389 e. The molecule has 1 saturated carbocycles. The first-order valence-electron chi connectivity index (χ1n) is 7.22. The maximum absolute atomic E-state index is 9.82. The highest BCUT2D eigenvalue weighted by Crippen LogP contribution is 2.26. The molecule has 4 nitrogen and oxygen atoms in total. The molecule has 1 aliphatic carbocycles. The Morgan fingerprint density at radius 2 is 1.89 bits per heavy atom. The van der Waals surface area contributed by atoms with Crippen molar-refractivity contribution in [2.45, 2.75) is 50.5 Å². The largest absolute Gasteiger partial charge is 0.389 e. The summed E-state index contributed by atoms with van der Waals surface area (Å²) in [6.45, 7) is 3.77. The van der Waals surface area contributed by atoms with Gasteiger partial charge < -0.3 is 20.8 Å². The van der Waals surface area contributed by atoms with Crippen LogP contribution in [0.5, 0.6) is 0 Å². The first-order chi connectivity index (χ1) is 9.18. The predicted molar refractivity (Wildman–Crippen MR) is 75.6 cm³/mol. The highest BCUT2D eigenvalue weighted by Gasteiger charge is 2.37. The van der Waals surface area contributed by atoms with Gasteiger partial charge in [-0.15, -0.1) is 0 Å². The SMILES string of the molecule is C[C@@H]1N[C@H](CCNCCC[C]2[CH][CH][CH][CH]2)[C@H](O)[C@@H]1O. The van der Waals surface area contributed by atoms with Crippen LogP contribution in [0.25, 0.3) is 0 Å². The van der Waals surface area contributed by atoms with Crippen LogP contribution < -0.4 is 10.6 Å². The molecule has 0 bridgehead atoms. The summed E-state index contributed by atoms with van der Waals surface area (Å²) in [7, 11) is 0. The average Bonchev–Trinajstić information content (AvgIpc) is 2.99. The zero-order valence-corrected chi connectivity index (χ0v) is 11.5. The van der Waals surface area contributed by atoms with Gasteiger partial charge in [0.2, 0.25) is 0 Å². The van der Waals surface area contributed by atoms with Gasteiger partial charge in [-0.25, -0.2) is 0 Å². The first-order valence-corrected chi connectivity index (χ1v) is 7.22. The molecule has 19 heavy (non-hydrogen) atoms. The molecule has 2 rings (SSSR count). The van der Waals surface area contributed by atoms with Crippen molar-refractivity contribution in [3.63, 3.8) is 0 Å². The van der Waals surface area contributed by atoms with E-state index in [0.717, 1.165) is 32.4 Å². The van der Waals surface area contributed by atoms with E-state index in [1.807, 2.05) is 6.92 Å². The summed E-state index contributed by atoms with van der Waals surface area (Å²) in [4.78, 5) is 0. The number of aliphatic hydroxyl groups excluding tert-OH is 2. The lowest BCUT2D eigenvalue weighted by atomic mass is 10.0. The summed E-state index contributed by atoms with van der Waals surface area (Å²) in [6, 6.07) is -0.00934. The van der Waals surface area contributed by atoms with Crippen LogP contribution in [-0.2, 0) is 0 Å². The van der Waals surface area contributed by atoms with Crippen molar-refractivity contribution in [3.05, 3.63) is 31.6 Å². The van der Waals surface area contributed by atoms with Crippen molar-refractivity contribution < 1.29 is 10.2 Å². The van der Waals surface area contributed by atoms with Gasteiger partial charge in [-0.05, 0) is 70.9 Å². The topological polar surface area (TPSA) is 64.5 Å². The summed E-state index contributed by atoms with van der Waals surface area (Å²) in [5, 5.41) is 26.1. The molecule has 107 valence electrons. The van der Waals surface area contributed by atoms with Crippen molar-refractivity contribution in [1.82, 2.24) is 10.6 Å². The van der Waals surface area contributed by atoms with E-state index in [0.29, 0.717) is 0 Å². The van der Waals surface area contributed by atoms with Crippen LogP contribution in [0.15, 0.2) is 0 Å². The van der Waals surface area contributed by atoms with Crippen molar-refractivity contribution >= 4 is 0 Å². The van der Waals surface area contributed by atoms with Gasteiger partial charge in [0.05, 0.1) is 12.2 Å². The molecule has 4 N–H and O–H groups in total. The summed E-state index contributed by atoms with van der Waals surface area (Å²) in [6.07, 6.45) is 10.3. The standard InChI is InChI=1S/C15H25N2O2/c1-11-14(18)15(19)13(17-11)8-10-16-9-4-7-12-5-2-3-6-12/h2-3,5-6,11,13-19H,4,7-10H2,1H3/t11-,13+,14+,15-/m0/s1. The predicted octanol–water partition coefficient (Wildman–Crippen LogP) is 0.234. The minimum atomic E-state index is -0.638. The van der Waals surface area contributed by atoms with Crippen molar-refractivity contribution in [2.24, 2.45) is 0 Å². The third-order valence-corrected chi connectivity index (χ3v) is 3.93. The summed E-state index contributed by atoms with van der Waals surface area (Å²) >= 11 is 0. The van der Waals surface area contributed by atoms with Crippen molar-refractivity contribution in [1.29, 1.82) is 0 Å². The molecular formula is C15H25N2O2. The van der Waals surface area contributed by atoms with Gasteiger partial charge in [-0.3, -0.25) is 0 Å². The van der Waals surface area contributed by atoms with Crippen LogP contribution in [0.1, 0.15) is 26.2 Å². The van der Waals surface area contributed by atoms with Crippen LogP contribution in [0.3, 0.4) is 0 Å². The lowest BCUT2D eigenvalue weighted by Gasteiger charge is -2.16. The second-order valence-electron chi connectivity index (χ2n) is 5.48. The number of aliphatic hydroxyl groups is 2. The Morgan fingerprint density at radius 1 is 1.16 bits per heavy atom. The third kappa shape index (κ3) is 4.42. The van der Waals surface area contributed by atoms with Gasteiger partial charge in [0, 0.05) is 12.1 Å². The van der Waals surface area contributed by atoms with E-state index in [2.05, 4.69) is 36.3 Å². The molecule has 0 aromatic rings. The van der Waals surface area contributed by atoms with E-state index in [9.17, 15) is 10.2 Å². The highest BCUT2D eigenvalue weighted by molar-refractivity contribution is 5.34. The Hall–Kier alpha value is -0.160. The maximum atomic E-state index is 9.82. The van der Waals surface area contributed by atoms with E-state index < -0.39 is 12.2 Å². The molecule has 1 aliphatic heterocycles. The zero-order valence-electron chi connectivity index (χ0n) is 11.5. The summed E-state index contributed by atoms with van der Waals surface area (Å²) < 4.78 is 0. The van der Waals surface area contributed by atoms with Crippen LogP contribution in [0, 0.1) is 31.6 Å². The average molecular weight is 265 g/mol. The van der Waals surface area contributed by atoms with Crippen LogP contribution in [-0.4, -0.2) is 47.6 Å². The molecule has 0 aromatic carbocycles. The van der Waals surface area contributed by atoms with Crippen LogP contribution in [0.2, 0.25) is 0 Å². The molecule has 5 radical (unpaired) electrons. The summed E-state index contributed by atoms with van der Waals surface area (Å²) in [5.74, 6) is 1.40. The lowest BCUT2D eigenvalue weighted by Crippen LogP contribution is -2.36. The highest BCUT2D eigenvalue weighted by atomic mass is 16.3. The second kappa shape index (κ2) is 7.58. The van der Waals surface area contributed by atoms with Gasteiger partial charge in [-0.2, -0.15) is 0 Å². The fourth-order valence-electron chi connectivity index (χ4n) is 2.70. The van der Waals surface area contributed by atoms with Crippen molar-refractivity contribution in [3.8, 4) is 0 Å². The number of hydrogen-bond acceptors (Lipinski definition) is 4. The van der Waals surface area contributed by atoms with E-state index >= 15 is 0 Å². The van der Waals surface area contributed by atoms with Gasteiger partial charge in [0.15, 0.2) is 0 Å². The number of rotatable bonds is 7. The zero-order chi connectivity index (χ0) is 13.7. The second-order valence-corrected chi connectivity index (χ2v) is 5.48. The molecule has 0 amide bonds.